The summed E-state index contributed by atoms with van der Waals surface area (Å²) in [5, 5.41) is 15.7. The molecule has 122 valence electrons. The highest BCUT2D eigenvalue weighted by Gasteiger charge is 2.31. The second kappa shape index (κ2) is 7.66. The van der Waals surface area contributed by atoms with E-state index in [1.165, 1.54) is 11.8 Å². The van der Waals surface area contributed by atoms with E-state index in [9.17, 15) is 13.7 Å². The Labute approximate surface area is 141 Å². The minimum Gasteiger partial charge on any atom is -0.268 e. The van der Waals surface area contributed by atoms with Crippen LogP contribution in [-0.2, 0) is 14.4 Å². The zero-order valence-corrected chi connectivity index (χ0v) is 14.6. The number of nitrogens with zero attached hydrogens (tertiary/aromatic N) is 2. The molecule has 0 saturated carbocycles. The second-order valence-electron chi connectivity index (χ2n) is 5.20. The second-order valence-corrected chi connectivity index (χ2v) is 7.80. The monoisotopic (exact) mass is 350 g/mol. The highest BCUT2D eigenvalue weighted by molar-refractivity contribution is 8.16. The van der Waals surface area contributed by atoms with Crippen molar-refractivity contribution in [1.82, 2.24) is 0 Å². The van der Waals surface area contributed by atoms with Crippen molar-refractivity contribution in [3.05, 3.63) is 46.9 Å². The van der Waals surface area contributed by atoms with Gasteiger partial charge in [0, 0.05) is 5.92 Å². The quantitative estimate of drug-likeness (QED) is 0.733. The van der Waals surface area contributed by atoms with Crippen LogP contribution in [0, 0.1) is 24.2 Å². The maximum Gasteiger partial charge on any atom is 0.328 e. The minimum atomic E-state index is -3.66. The van der Waals surface area contributed by atoms with Crippen molar-refractivity contribution >= 4 is 26.9 Å². The highest BCUT2D eigenvalue weighted by atomic mass is 32.2. The largest absolute Gasteiger partial charge is 0.328 e. The molecule has 0 aliphatic carbocycles. The van der Waals surface area contributed by atoms with Crippen LogP contribution in [0.15, 0.2) is 40.9 Å². The fourth-order valence-corrected chi connectivity index (χ4v) is 4.01. The molecule has 2 atom stereocenters. The van der Waals surface area contributed by atoms with Crippen molar-refractivity contribution in [3.63, 3.8) is 0 Å². The van der Waals surface area contributed by atoms with Gasteiger partial charge in [-0.3, -0.25) is 4.28 Å². The normalized spacial score (nSPS) is 20.4. The molecule has 2 unspecified atom stereocenters. The van der Waals surface area contributed by atoms with Gasteiger partial charge in [-0.25, -0.2) is 0 Å². The first-order valence-electron chi connectivity index (χ1n) is 7.26. The molecule has 0 amide bonds. The molecule has 1 aromatic rings. The van der Waals surface area contributed by atoms with Crippen LogP contribution in [0.25, 0.3) is 0 Å². The Bertz CT molecular complexity index is 764. The van der Waals surface area contributed by atoms with E-state index in [1.54, 1.807) is 6.92 Å². The average molecular weight is 350 g/mol. The van der Waals surface area contributed by atoms with Crippen LogP contribution in [0.5, 0.6) is 0 Å². The summed E-state index contributed by atoms with van der Waals surface area (Å²) in [4.78, 5) is 0. The third-order valence-corrected chi connectivity index (χ3v) is 5.57. The molecule has 23 heavy (non-hydrogen) atoms. The third kappa shape index (κ3) is 4.36. The Morgan fingerprint density at radius 1 is 1.43 bits per heavy atom. The molecule has 1 aliphatic rings. The number of benzene rings is 1. The van der Waals surface area contributed by atoms with Gasteiger partial charge in [-0.2, -0.15) is 13.7 Å². The number of oxime groups is 1. The summed E-state index contributed by atoms with van der Waals surface area (Å²) in [5.41, 5.74) is 1.93. The Morgan fingerprint density at radius 3 is 2.83 bits per heavy atom. The Balaban J connectivity index is 2.25. The molecule has 5 nitrogen and oxygen atoms in total. The first-order chi connectivity index (χ1) is 11.0. The van der Waals surface area contributed by atoms with Crippen molar-refractivity contribution in [1.29, 1.82) is 5.26 Å². The first-order valence-corrected chi connectivity index (χ1v) is 9.72. The summed E-state index contributed by atoms with van der Waals surface area (Å²) in [6.45, 7) is 3.71. The highest BCUT2D eigenvalue weighted by Crippen LogP contribution is 2.36. The number of aryl methyl sites for hydroxylation is 1. The van der Waals surface area contributed by atoms with Gasteiger partial charge in [0.2, 0.25) is 0 Å². The SMILES string of the molecule is CCCS(=O)(=O)ON=C1SC=CC1C(C#N)c1ccccc1C. The van der Waals surface area contributed by atoms with Crippen LogP contribution in [0.3, 0.4) is 0 Å². The maximum absolute atomic E-state index is 11.6. The van der Waals surface area contributed by atoms with E-state index in [2.05, 4.69) is 11.2 Å². The Morgan fingerprint density at radius 2 is 2.17 bits per heavy atom. The molecule has 0 radical (unpaired) electrons. The number of hydrogen-bond acceptors (Lipinski definition) is 6. The predicted octanol–water partition coefficient (Wildman–Crippen LogP) is 3.55. The lowest BCUT2D eigenvalue weighted by molar-refractivity contribution is 0.337. The first kappa shape index (κ1) is 17.6. The molecule has 0 aromatic heterocycles. The number of nitriles is 1. The number of hydrogen-bond donors (Lipinski definition) is 0. The number of thioether (sulfide) groups is 1. The molecular weight excluding hydrogens is 332 g/mol. The summed E-state index contributed by atoms with van der Waals surface area (Å²) in [6.07, 6.45) is 2.33. The van der Waals surface area contributed by atoms with Gasteiger partial charge in [-0.05, 0) is 29.9 Å². The molecule has 0 fully saturated rings. The lowest BCUT2D eigenvalue weighted by atomic mass is 9.85. The zero-order valence-electron chi connectivity index (χ0n) is 13.0. The number of allylic oxidation sites excluding steroid dienone is 1. The van der Waals surface area contributed by atoms with Gasteiger partial charge >= 0.3 is 10.1 Å². The van der Waals surface area contributed by atoms with Crippen molar-refractivity contribution in [3.8, 4) is 6.07 Å². The standard InChI is InChI=1S/C16H18N2O3S2/c1-3-10-23(19,20)21-18-16-14(8-9-22-16)15(11-17)13-7-5-4-6-12(13)2/h4-9,14-15H,3,10H2,1-2H3. The van der Waals surface area contributed by atoms with Crippen LogP contribution in [0.1, 0.15) is 30.4 Å². The van der Waals surface area contributed by atoms with Crippen LogP contribution >= 0.6 is 11.8 Å². The van der Waals surface area contributed by atoms with Gasteiger partial charge in [-0.15, -0.1) is 0 Å². The van der Waals surface area contributed by atoms with E-state index in [-0.39, 0.29) is 11.7 Å². The van der Waals surface area contributed by atoms with Crippen molar-refractivity contribution in [2.24, 2.45) is 11.1 Å². The third-order valence-electron chi connectivity index (χ3n) is 3.48. The van der Waals surface area contributed by atoms with Gasteiger partial charge in [0.05, 0.1) is 17.7 Å². The van der Waals surface area contributed by atoms with Crippen molar-refractivity contribution in [2.75, 3.05) is 5.75 Å². The van der Waals surface area contributed by atoms with Gasteiger partial charge in [-0.1, -0.05) is 54.2 Å². The topological polar surface area (TPSA) is 79.5 Å². The van der Waals surface area contributed by atoms with E-state index in [4.69, 9.17) is 4.28 Å². The van der Waals surface area contributed by atoms with E-state index in [1.807, 2.05) is 42.7 Å². The van der Waals surface area contributed by atoms with Crippen molar-refractivity contribution in [2.45, 2.75) is 26.2 Å². The summed E-state index contributed by atoms with van der Waals surface area (Å²) in [5.74, 6) is -0.812. The summed E-state index contributed by atoms with van der Waals surface area (Å²) < 4.78 is 28.0. The summed E-state index contributed by atoms with van der Waals surface area (Å²) >= 11 is 1.28. The lowest BCUT2D eigenvalue weighted by Crippen LogP contribution is -2.17. The number of rotatable bonds is 6. The zero-order chi connectivity index (χ0) is 16.9. The van der Waals surface area contributed by atoms with Gasteiger partial charge in [0.1, 0.15) is 5.04 Å². The Hall–Kier alpha value is -1.78. The molecule has 0 spiro atoms. The van der Waals surface area contributed by atoms with E-state index >= 15 is 0 Å². The molecule has 1 aromatic carbocycles. The molecule has 1 heterocycles. The van der Waals surface area contributed by atoms with E-state index in [0.29, 0.717) is 11.5 Å². The molecule has 0 saturated heterocycles. The molecule has 0 bridgehead atoms. The van der Waals surface area contributed by atoms with E-state index in [0.717, 1.165) is 11.1 Å². The average Bonchev–Trinajstić information content (AvgIpc) is 2.96. The predicted molar refractivity (Wildman–Crippen MR) is 92.4 cm³/mol. The Kier molecular flexibility index (Phi) is 5.85. The molecule has 7 heteroatoms. The fourth-order valence-electron chi connectivity index (χ4n) is 2.35. The minimum absolute atomic E-state index is 0.0774. The summed E-state index contributed by atoms with van der Waals surface area (Å²) in [7, 11) is -3.66. The molecule has 0 N–H and O–H groups in total. The molecule has 1 aliphatic heterocycles. The van der Waals surface area contributed by atoms with Gasteiger partial charge < -0.3 is 0 Å². The lowest BCUT2D eigenvalue weighted by Gasteiger charge is -2.17. The van der Waals surface area contributed by atoms with Crippen LogP contribution in [0.4, 0.5) is 0 Å². The maximum atomic E-state index is 11.6. The molecular formula is C16H18N2O3S2. The van der Waals surface area contributed by atoms with Gasteiger partial charge in [0.15, 0.2) is 0 Å². The van der Waals surface area contributed by atoms with Crippen LogP contribution in [-0.4, -0.2) is 19.2 Å². The molecule has 2 rings (SSSR count). The van der Waals surface area contributed by atoms with Gasteiger partial charge in [0.25, 0.3) is 0 Å². The van der Waals surface area contributed by atoms with Crippen LogP contribution < -0.4 is 0 Å². The van der Waals surface area contributed by atoms with Crippen LogP contribution in [0.2, 0.25) is 0 Å². The fraction of sp³-hybridized carbons (Fsp3) is 0.375. The smallest absolute Gasteiger partial charge is 0.268 e. The van der Waals surface area contributed by atoms with E-state index < -0.39 is 16.0 Å². The summed E-state index contributed by atoms with van der Waals surface area (Å²) in [6, 6.07) is 9.97. The van der Waals surface area contributed by atoms with Crippen molar-refractivity contribution < 1.29 is 12.7 Å².